The van der Waals surface area contributed by atoms with Gasteiger partial charge in [-0.2, -0.15) is 0 Å². The van der Waals surface area contributed by atoms with E-state index in [1.54, 1.807) is 0 Å². The smallest absolute Gasteiger partial charge is 0.0675 e. The van der Waals surface area contributed by atoms with Crippen molar-refractivity contribution in [3.05, 3.63) is 0 Å². The minimum absolute atomic E-state index is 0.171. The van der Waals surface area contributed by atoms with E-state index in [0.717, 1.165) is 26.1 Å². The summed E-state index contributed by atoms with van der Waals surface area (Å²) in [6.07, 6.45) is 6.72. The third kappa shape index (κ3) is 2.57. The van der Waals surface area contributed by atoms with Gasteiger partial charge in [0.05, 0.1) is 12.7 Å². The van der Waals surface area contributed by atoms with E-state index >= 15 is 0 Å². The molecule has 0 aromatic heterocycles. The van der Waals surface area contributed by atoms with Crippen LogP contribution in [0, 0.1) is 5.41 Å². The fourth-order valence-electron chi connectivity index (χ4n) is 4.29. The summed E-state index contributed by atoms with van der Waals surface area (Å²) < 4.78 is 5.88. The van der Waals surface area contributed by atoms with E-state index in [2.05, 4.69) is 32.6 Å². The van der Waals surface area contributed by atoms with E-state index < -0.39 is 0 Å². The van der Waals surface area contributed by atoms with Gasteiger partial charge in [-0.05, 0) is 31.6 Å². The summed E-state index contributed by atoms with van der Waals surface area (Å²) in [4.78, 5) is 2.72. The van der Waals surface area contributed by atoms with Crippen molar-refractivity contribution in [2.24, 2.45) is 11.1 Å². The molecule has 2 aliphatic rings. The van der Waals surface area contributed by atoms with Gasteiger partial charge in [0.25, 0.3) is 0 Å². The number of morpholine rings is 1. The number of ether oxygens (including phenoxy) is 1. The molecule has 0 aromatic carbocycles. The molecule has 2 N–H and O–H groups in total. The summed E-state index contributed by atoms with van der Waals surface area (Å²) in [5, 5.41) is 0. The summed E-state index contributed by atoms with van der Waals surface area (Å²) in [5.74, 6) is 0. The lowest BCUT2D eigenvalue weighted by Gasteiger charge is -2.60. The molecule has 1 saturated carbocycles. The van der Waals surface area contributed by atoms with Crippen LogP contribution >= 0.6 is 0 Å². The first-order chi connectivity index (χ1) is 8.97. The third-order valence-electron chi connectivity index (χ3n) is 5.73. The molecule has 2 fully saturated rings. The molecule has 0 bridgehead atoms. The number of hydrogen-bond acceptors (Lipinski definition) is 3. The molecule has 3 unspecified atom stereocenters. The van der Waals surface area contributed by atoms with E-state index in [9.17, 15) is 0 Å². The van der Waals surface area contributed by atoms with Crippen LogP contribution in [0.15, 0.2) is 0 Å². The highest BCUT2D eigenvalue weighted by Gasteiger charge is 2.52. The second-order valence-electron chi connectivity index (χ2n) is 7.19. The Hall–Kier alpha value is -0.120. The van der Waals surface area contributed by atoms with Crippen LogP contribution in [0.25, 0.3) is 0 Å². The molecule has 1 heterocycles. The highest BCUT2D eigenvalue weighted by atomic mass is 16.5. The molecule has 3 nitrogen and oxygen atoms in total. The SMILES string of the molecule is CCC1COC(C)CN1C1(CN)CCCCC1(C)C. The van der Waals surface area contributed by atoms with Gasteiger partial charge in [-0.1, -0.05) is 33.6 Å². The van der Waals surface area contributed by atoms with Crippen LogP contribution in [-0.2, 0) is 4.74 Å². The molecular formula is C16H32N2O. The molecule has 0 radical (unpaired) electrons. The molecule has 3 heteroatoms. The van der Waals surface area contributed by atoms with Crippen molar-refractivity contribution >= 4 is 0 Å². The molecule has 2 rings (SSSR count). The molecular weight excluding hydrogens is 236 g/mol. The first-order valence-corrected chi connectivity index (χ1v) is 8.05. The average Bonchev–Trinajstić information content (AvgIpc) is 2.38. The molecule has 112 valence electrons. The maximum absolute atomic E-state index is 6.32. The largest absolute Gasteiger partial charge is 0.376 e. The van der Waals surface area contributed by atoms with E-state index in [1.165, 1.54) is 25.7 Å². The molecule has 0 spiro atoms. The van der Waals surface area contributed by atoms with Crippen LogP contribution < -0.4 is 5.73 Å². The zero-order valence-corrected chi connectivity index (χ0v) is 13.2. The summed E-state index contributed by atoms with van der Waals surface area (Å²) in [7, 11) is 0. The number of rotatable bonds is 3. The summed E-state index contributed by atoms with van der Waals surface area (Å²) in [5.41, 5.74) is 6.81. The van der Waals surface area contributed by atoms with E-state index in [4.69, 9.17) is 10.5 Å². The van der Waals surface area contributed by atoms with Gasteiger partial charge in [0, 0.05) is 24.7 Å². The van der Waals surface area contributed by atoms with Gasteiger partial charge in [0.2, 0.25) is 0 Å². The van der Waals surface area contributed by atoms with Crippen LogP contribution in [0.1, 0.15) is 59.8 Å². The minimum atomic E-state index is 0.171. The van der Waals surface area contributed by atoms with Gasteiger partial charge >= 0.3 is 0 Å². The monoisotopic (exact) mass is 268 g/mol. The van der Waals surface area contributed by atoms with Crippen molar-refractivity contribution in [3.63, 3.8) is 0 Å². The Bertz CT molecular complexity index is 305. The van der Waals surface area contributed by atoms with Crippen LogP contribution in [0.2, 0.25) is 0 Å². The predicted molar refractivity (Wildman–Crippen MR) is 80.2 cm³/mol. The number of nitrogens with two attached hydrogens (primary N) is 1. The second kappa shape index (κ2) is 5.71. The normalized spacial score (nSPS) is 40.3. The molecule has 0 amide bonds. The quantitative estimate of drug-likeness (QED) is 0.855. The van der Waals surface area contributed by atoms with Gasteiger partial charge in [0.15, 0.2) is 0 Å². The third-order valence-corrected chi connectivity index (χ3v) is 5.73. The highest BCUT2D eigenvalue weighted by molar-refractivity contribution is 5.07. The number of hydrogen-bond donors (Lipinski definition) is 1. The average molecular weight is 268 g/mol. The van der Waals surface area contributed by atoms with Crippen LogP contribution in [-0.4, -0.2) is 42.3 Å². The molecule has 0 aromatic rings. The summed E-state index contributed by atoms with van der Waals surface area (Å²) in [6, 6.07) is 0.539. The van der Waals surface area contributed by atoms with Crippen molar-refractivity contribution in [2.75, 3.05) is 19.7 Å². The van der Waals surface area contributed by atoms with Crippen molar-refractivity contribution in [3.8, 4) is 0 Å². The van der Waals surface area contributed by atoms with Crippen LogP contribution in [0.5, 0.6) is 0 Å². The zero-order valence-electron chi connectivity index (χ0n) is 13.2. The lowest BCUT2D eigenvalue weighted by atomic mass is 9.61. The summed E-state index contributed by atoms with van der Waals surface area (Å²) >= 11 is 0. The summed E-state index contributed by atoms with van der Waals surface area (Å²) in [6.45, 7) is 12.0. The maximum atomic E-state index is 6.32. The topological polar surface area (TPSA) is 38.5 Å². The Morgan fingerprint density at radius 1 is 1.26 bits per heavy atom. The molecule has 1 aliphatic heterocycles. The maximum Gasteiger partial charge on any atom is 0.0675 e. The molecule has 1 saturated heterocycles. The van der Waals surface area contributed by atoms with Gasteiger partial charge in [-0.25, -0.2) is 0 Å². The van der Waals surface area contributed by atoms with Crippen LogP contribution in [0.3, 0.4) is 0 Å². The van der Waals surface area contributed by atoms with Crippen LogP contribution in [0.4, 0.5) is 0 Å². The van der Waals surface area contributed by atoms with Crippen molar-refractivity contribution < 1.29 is 4.74 Å². The second-order valence-corrected chi connectivity index (χ2v) is 7.19. The molecule has 1 aliphatic carbocycles. The van der Waals surface area contributed by atoms with Crippen molar-refractivity contribution in [1.82, 2.24) is 4.90 Å². The first kappa shape index (κ1) is 15.3. The molecule has 19 heavy (non-hydrogen) atoms. The fourth-order valence-corrected chi connectivity index (χ4v) is 4.29. The Balaban J connectivity index is 2.31. The highest BCUT2D eigenvalue weighted by Crippen LogP contribution is 2.48. The van der Waals surface area contributed by atoms with Gasteiger partial charge in [-0.3, -0.25) is 4.90 Å². The minimum Gasteiger partial charge on any atom is -0.376 e. The molecule has 3 atom stereocenters. The van der Waals surface area contributed by atoms with Gasteiger partial charge < -0.3 is 10.5 Å². The lowest BCUT2D eigenvalue weighted by Crippen LogP contribution is -2.69. The fraction of sp³-hybridized carbons (Fsp3) is 1.00. The van der Waals surface area contributed by atoms with Crippen molar-refractivity contribution in [1.29, 1.82) is 0 Å². The van der Waals surface area contributed by atoms with Gasteiger partial charge in [-0.15, -0.1) is 0 Å². The number of nitrogens with zero attached hydrogens (tertiary/aromatic N) is 1. The predicted octanol–water partition coefficient (Wildman–Crippen LogP) is 2.78. The first-order valence-electron chi connectivity index (χ1n) is 8.05. The van der Waals surface area contributed by atoms with E-state index in [1.807, 2.05) is 0 Å². The Morgan fingerprint density at radius 2 is 1.95 bits per heavy atom. The zero-order chi connectivity index (χ0) is 14.1. The Morgan fingerprint density at radius 3 is 2.53 bits per heavy atom. The Kier molecular flexibility index (Phi) is 4.59. The Labute approximate surface area is 118 Å². The lowest BCUT2D eigenvalue weighted by molar-refractivity contribution is -0.143. The van der Waals surface area contributed by atoms with Crippen molar-refractivity contribution in [2.45, 2.75) is 77.5 Å². The standard InChI is InChI=1S/C16H32N2O/c1-5-14-11-19-13(2)10-18(14)16(12-17)9-7-6-8-15(16,3)4/h13-14H,5-12,17H2,1-4H3. The van der Waals surface area contributed by atoms with Gasteiger partial charge in [0.1, 0.15) is 0 Å². The van der Waals surface area contributed by atoms with E-state index in [-0.39, 0.29) is 5.54 Å². The van der Waals surface area contributed by atoms with E-state index in [0.29, 0.717) is 17.6 Å².